The molecule has 0 atom stereocenters. The van der Waals surface area contributed by atoms with Gasteiger partial charge < -0.3 is 9.84 Å². The van der Waals surface area contributed by atoms with Crippen LogP contribution in [0.3, 0.4) is 0 Å². The molecule has 0 bridgehead atoms. The SMILES string of the molecule is OCCCC1(c2cc(Br)cs2)COC1. The number of aliphatic hydroxyl groups excluding tert-OH is 1. The second-order valence-electron chi connectivity index (χ2n) is 3.73. The molecule has 78 valence electrons. The zero-order valence-electron chi connectivity index (χ0n) is 7.83. The molecule has 0 unspecified atom stereocenters. The van der Waals surface area contributed by atoms with Crippen molar-refractivity contribution in [1.29, 1.82) is 0 Å². The monoisotopic (exact) mass is 276 g/mol. The van der Waals surface area contributed by atoms with E-state index < -0.39 is 0 Å². The van der Waals surface area contributed by atoms with E-state index in [-0.39, 0.29) is 12.0 Å². The first-order valence-corrected chi connectivity index (χ1v) is 6.37. The van der Waals surface area contributed by atoms with Gasteiger partial charge in [-0.05, 0) is 34.8 Å². The van der Waals surface area contributed by atoms with Gasteiger partial charge in [0, 0.05) is 21.3 Å². The van der Waals surface area contributed by atoms with Crippen LogP contribution in [-0.2, 0) is 10.2 Å². The summed E-state index contributed by atoms with van der Waals surface area (Å²) >= 11 is 5.24. The van der Waals surface area contributed by atoms with Gasteiger partial charge in [-0.2, -0.15) is 0 Å². The van der Waals surface area contributed by atoms with Crippen molar-refractivity contribution in [2.45, 2.75) is 18.3 Å². The highest BCUT2D eigenvalue weighted by atomic mass is 79.9. The molecule has 0 amide bonds. The number of thiophene rings is 1. The largest absolute Gasteiger partial charge is 0.396 e. The third-order valence-corrected chi connectivity index (χ3v) is 4.60. The molecule has 1 saturated heterocycles. The van der Waals surface area contributed by atoms with Gasteiger partial charge in [0.05, 0.1) is 18.6 Å². The smallest absolute Gasteiger partial charge is 0.0593 e. The van der Waals surface area contributed by atoms with Crippen LogP contribution in [0.1, 0.15) is 17.7 Å². The topological polar surface area (TPSA) is 29.5 Å². The average molecular weight is 277 g/mol. The van der Waals surface area contributed by atoms with E-state index in [9.17, 15) is 0 Å². The summed E-state index contributed by atoms with van der Waals surface area (Å²) < 4.78 is 6.45. The molecule has 1 aliphatic heterocycles. The lowest BCUT2D eigenvalue weighted by Crippen LogP contribution is -2.46. The molecule has 1 aliphatic rings. The van der Waals surface area contributed by atoms with Crippen LogP contribution in [0.4, 0.5) is 0 Å². The standard InChI is InChI=1S/C10H13BrO2S/c11-8-4-9(14-5-8)10(2-1-3-12)6-13-7-10/h4-5,12H,1-3,6-7H2. The summed E-state index contributed by atoms with van der Waals surface area (Å²) in [7, 11) is 0. The van der Waals surface area contributed by atoms with E-state index in [0.29, 0.717) is 0 Å². The molecule has 1 aromatic rings. The Labute approximate surface area is 96.0 Å². The first-order chi connectivity index (χ1) is 6.77. The van der Waals surface area contributed by atoms with Crippen LogP contribution in [-0.4, -0.2) is 24.9 Å². The quantitative estimate of drug-likeness (QED) is 0.916. The number of rotatable bonds is 4. The Balaban J connectivity index is 2.11. The van der Waals surface area contributed by atoms with Crippen molar-refractivity contribution in [3.8, 4) is 0 Å². The van der Waals surface area contributed by atoms with Gasteiger partial charge in [-0.25, -0.2) is 0 Å². The molecule has 1 N–H and O–H groups in total. The normalized spacial score (nSPS) is 19.3. The van der Waals surface area contributed by atoms with Gasteiger partial charge in [-0.3, -0.25) is 0 Å². The number of aliphatic hydroxyl groups is 1. The van der Waals surface area contributed by atoms with Gasteiger partial charge in [0.1, 0.15) is 0 Å². The zero-order chi connectivity index (χ0) is 10.0. The molecule has 0 saturated carbocycles. The molecular formula is C10H13BrO2S. The molecule has 0 spiro atoms. The lowest BCUT2D eigenvalue weighted by Gasteiger charge is -2.40. The summed E-state index contributed by atoms with van der Waals surface area (Å²) in [5.41, 5.74) is 0.194. The Hall–Kier alpha value is 0.1000. The second-order valence-corrected chi connectivity index (χ2v) is 5.56. The molecule has 0 radical (unpaired) electrons. The van der Waals surface area contributed by atoms with Crippen molar-refractivity contribution in [1.82, 2.24) is 0 Å². The summed E-state index contributed by atoms with van der Waals surface area (Å²) in [6, 6.07) is 2.17. The zero-order valence-corrected chi connectivity index (χ0v) is 10.2. The molecule has 4 heteroatoms. The summed E-state index contributed by atoms with van der Waals surface area (Å²) in [5.74, 6) is 0. The van der Waals surface area contributed by atoms with E-state index >= 15 is 0 Å². The van der Waals surface area contributed by atoms with Gasteiger partial charge in [-0.1, -0.05) is 0 Å². The molecule has 2 nitrogen and oxygen atoms in total. The number of halogens is 1. The predicted octanol–water partition coefficient (Wildman–Crippen LogP) is 2.55. The van der Waals surface area contributed by atoms with E-state index in [1.165, 1.54) is 4.88 Å². The van der Waals surface area contributed by atoms with Crippen LogP contribution in [0, 0.1) is 0 Å². The molecule has 14 heavy (non-hydrogen) atoms. The third-order valence-electron chi connectivity index (χ3n) is 2.66. The fraction of sp³-hybridized carbons (Fsp3) is 0.600. The van der Waals surface area contributed by atoms with Crippen molar-refractivity contribution in [2.24, 2.45) is 0 Å². The van der Waals surface area contributed by atoms with E-state index in [2.05, 4.69) is 27.4 Å². The Morgan fingerprint density at radius 1 is 1.57 bits per heavy atom. The predicted molar refractivity (Wildman–Crippen MR) is 60.8 cm³/mol. The lowest BCUT2D eigenvalue weighted by molar-refractivity contribution is -0.0646. The van der Waals surface area contributed by atoms with Gasteiger partial charge in [-0.15, -0.1) is 11.3 Å². The Morgan fingerprint density at radius 3 is 2.79 bits per heavy atom. The molecule has 2 heterocycles. The molecule has 1 aromatic heterocycles. The lowest BCUT2D eigenvalue weighted by atomic mass is 9.80. The van der Waals surface area contributed by atoms with Crippen LogP contribution < -0.4 is 0 Å². The number of hydrogen-bond donors (Lipinski definition) is 1. The van der Waals surface area contributed by atoms with Crippen LogP contribution >= 0.6 is 27.3 Å². The highest BCUT2D eigenvalue weighted by Gasteiger charge is 2.40. The van der Waals surface area contributed by atoms with Crippen molar-refractivity contribution >= 4 is 27.3 Å². The second kappa shape index (κ2) is 4.31. The first-order valence-electron chi connectivity index (χ1n) is 4.70. The van der Waals surface area contributed by atoms with E-state index in [1.54, 1.807) is 11.3 Å². The molecule has 2 rings (SSSR count). The maximum Gasteiger partial charge on any atom is 0.0593 e. The van der Waals surface area contributed by atoms with Crippen molar-refractivity contribution < 1.29 is 9.84 Å². The van der Waals surface area contributed by atoms with Crippen molar-refractivity contribution in [3.63, 3.8) is 0 Å². The van der Waals surface area contributed by atoms with E-state index in [4.69, 9.17) is 9.84 Å². The van der Waals surface area contributed by atoms with Crippen molar-refractivity contribution in [3.05, 3.63) is 20.8 Å². The van der Waals surface area contributed by atoms with Crippen LogP contribution in [0.15, 0.2) is 15.9 Å². The molecule has 0 aromatic carbocycles. The Bertz CT molecular complexity index is 307. The minimum atomic E-state index is 0.194. The maximum absolute atomic E-state index is 8.85. The number of hydrogen-bond acceptors (Lipinski definition) is 3. The maximum atomic E-state index is 8.85. The van der Waals surface area contributed by atoms with Crippen LogP contribution in [0.5, 0.6) is 0 Å². The fourth-order valence-electron chi connectivity index (χ4n) is 1.77. The summed E-state index contributed by atoms with van der Waals surface area (Å²) in [5, 5.41) is 11.0. The van der Waals surface area contributed by atoms with E-state index in [1.807, 2.05) is 0 Å². The third kappa shape index (κ3) is 1.89. The fourth-order valence-corrected chi connectivity index (χ4v) is 3.40. The summed E-state index contributed by atoms with van der Waals surface area (Å²) in [6.45, 7) is 1.88. The highest BCUT2D eigenvalue weighted by molar-refractivity contribution is 9.10. The molecular weight excluding hydrogens is 264 g/mol. The molecule has 0 aliphatic carbocycles. The Kier molecular flexibility index (Phi) is 3.27. The van der Waals surface area contributed by atoms with Gasteiger partial charge in [0.2, 0.25) is 0 Å². The van der Waals surface area contributed by atoms with Crippen molar-refractivity contribution in [2.75, 3.05) is 19.8 Å². The van der Waals surface area contributed by atoms with Crippen LogP contribution in [0.2, 0.25) is 0 Å². The van der Waals surface area contributed by atoms with Crippen LogP contribution in [0.25, 0.3) is 0 Å². The minimum Gasteiger partial charge on any atom is -0.396 e. The average Bonchev–Trinajstić information content (AvgIpc) is 2.51. The summed E-state index contributed by atoms with van der Waals surface area (Å²) in [6.07, 6.45) is 1.88. The highest BCUT2D eigenvalue weighted by Crippen LogP contribution is 2.40. The Morgan fingerprint density at radius 2 is 2.36 bits per heavy atom. The van der Waals surface area contributed by atoms with E-state index in [0.717, 1.165) is 30.5 Å². The molecule has 1 fully saturated rings. The van der Waals surface area contributed by atoms with Gasteiger partial charge >= 0.3 is 0 Å². The summed E-state index contributed by atoms with van der Waals surface area (Å²) in [4.78, 5) is 1.38. The minimum absolute atomic E-state index is 0.194. The number of ether oxygens (including phenoxy) is 1. The van der Waals surface area contributed by atoms with Gasteiger partial charge in [0.15, 0.2) is 0 Å². The first kappa shape index (κ1) is 10.6. The van der Waals surface area contributed by atoms with Gasteiger partial charge in [0.25, 0.3) is 0 Å².